The average molecular weight is 376 g/mol. The summed E-state index contributed by atoms with van der Waals surface area (Å²) in [7, 11) is 0. The van der Waals surface area contributed by atoms with Crippen molar-refractivity contribution in [2.75, 3.05) is 5.32 Å². The third-order valence-corrected chi connectivity index (χ3v) is 5.42. The number of fused-ring (bicyclic) bond motifs is 2. The molecule has 1 heterocycles. The number of ketones is 1. The normalized spacial score (nSPS) is 24.5. The Kier molecular flexibility index (Phi) is 3.71. The molecule has 0 radical (unpaired) electrons. The fourth-order valence-electron chi connectivity index (χ4n) is 3.76. The second kappa shape index (κ2) is 5.68. The highest BCUT2D eigenvalue weighted by molar-refractivity contribution is 6.31. The zero-order valence-corrected chi connectivity index (χ0v) is 14.4. The molecule has 0 fully saturated rings. The number of allylic oxidation sites excluding steroid dienone is 1. The van der Waals surface area contributed by atoms with E-state index in [-0.39, 0.29) is 28.7 Å². The molecular weight excluding hydrogens is 364 g/mol. The molecule has 25 heavy (non-hydrogen) atoms. The smallest absolute Gasteiger partial charge is 0.239 e. The Labute approximate surface area is 153 Å². The number of benzene rings is 2. The van der Waals surface area contributed by atoms with Gasteiger partial charge in [0.25, 0.3) is 0 Å². The molecule has 0 bridgehead atoms. The third-order valence-electron chi connectivity index (χ3n) is 4.90. The second-order valence-electron chi connectivity index (χ2n) is 6.21. The molecule has 0 saturated carbocycles. The van der Waals surface area contributed by atoms with Crippen LogP contribution in [-0.2, 0) is 15.0 Å². The number of anilines is 1. The number of carbonyl (C=O) groups excluding carboxylic acids is 2. The van der Waals surface area contributed by atoms with Crippen LogP contribution in [-0.4, -0.2) is 11.7 Å². The van der Waals surface area contributed by atoms with Crippen LogP contribution in [0.15, 0.2) is 48.6 Å². The lowest BCUT2D eigenvalue weighted by Gasteiger charge is -2.36. The average Bonchev–Trinajstić information content (AvgIpc) is 2.84. The maximum absolute atomic E-state index is 14.7. The molecular formula is C19H12Cl2FNO2. The van der Waals surface area contributed by atoms with Crippen LogP contribution in [0.1, 0.15) is 23.5 Å². The molecule has 6 heteroatoms. The second-order valence-corrected chi connectivity index (χ2v) is 7.06. The van der Waals surface area contributed by atoms with E-state index in [1.165, 1.54) is 12.1 Å². The zero-order chi connectivity index (χ0) is 17.8. The van der Waals surface area contributed by atoms with Gasteiger partial charge in [0.15, 0.2) is 5.78 Å². The van der Waals surface area contributed by atoms with Crippen molar-refractivity contribution >= 4 is 40.6 Å². The molecule has 2 atom stereocenters. The van der Waals surface area contributed by atoms with Gasteiger partial charge in [-0.1, -0.05) is 47.5 Å². The summed E-state index contributed by atoms with van der Waals surface area (Å²) in [6.45, 7) is 0. The minimum Gasteiger partial charge on any atom is -0.325 e. The first kappa shape index (κ1) is 16.3. The number of nitrogens with one attached hydrogen (secondary N) is 1. The number of halogens is 3. The quantitative estimate of drug-likeness (QED) is 0.789. The molecule has 0 saturated heterocycles. The lowest BCUT2D eigenvalue weighted by atomic mass is 9.64. The molecule has 4 rings (SSSR count). The maximum Gasteiger partial charge on any atom is 0.239 e. The van der Waals surface area contributed by atoms with Crippen molar-refractivity contribution in [2.45, 2.75) is 17.8 Å². The van der Waals surface area contributed by atoms with Crippen LogP contribution >= 0.6 is 23.2 Å². The van der Waals surface area contributed by atoms with Crippen molar-refractivity contribution in [3.05, 3.63) is 75.5 Å². The van der Waals surface area contributed by atoms with Gasteiger partial charge in [-0.15, -0.1) is 0 Å². The van der Waals surface area contributed by atoms with E-state index in [0.717, 1.165) is 0 Å². The summed E-state index contributed by atoms with van der Waals surface area (Å²) < 4.78 is 14.7. The molecule has 1 aliphatic heterocycles. The van der Waals surface area contributed by atoms with Gasteiger partial charge in [0.05, 0.1) is 5.02 Å². The summed E-state index contributed by atoms with van der Waals surface area (Å²) in [6.07, 6.45) is 2.98. The number of carbonyl (C=O) groups is 2. The van der Waals surface area contributed by atoms with Crippen LogP contribution in [0.25, 0.3) is 0 Å². The molecule has 2 aromatic carbocycles. The highest BCUT2D eigenvalue weighted by Crippen LogP contribution is 2.52. The fraction of sp³-hybridized carbons (Fsp3) is 0.158. The summed E-state index contributed by atoms with van der Waals surface area (Å²) >= 11 is 11.9. The molecule has 1 spiro atoms. The number of amides is 1. The van der Waals surface area contributed by atoms with Crippen molar-refractivity contribution in [3.8, 4) is 0 Å². The number of rotatable bonds is 1. The molecule has 126 valence electrons. The lowest BCUT2D eigenvalue weighted by molar-refractivity contribution is -0.121. The van der Waals surface area contributed by atoms with Crippen LogP contribution in [0, 0.1) is 5.82 Å². The van der Waals surface area contributed by atoms with Crippen LogP contribution in [0.2, 0.25) is 10.0 Å². The Morgan fingerprint density at radius 1 is 1.16 bits per heavy atom. The minimum atomic E-state index is -1.17. The van der Waals surface area contributed by atoms with E-state index in [0.29, 0.717) is 16.3 Å². The van der Waals surface area contributed by atoms with E-state index in [1.807, 2.05) is 0 Å². The predicted molar refractivity (Wildman–Crippen MR) is 94.7 cm³/mol. The van der Waals surface area contributed by atoms with Gasteiger partial charge in [-0.3, -0.25) is 9.59 Å². The van der Waals surface area contributed by atoms with Gasteiger partial charge in [0.1, 0.15) is 11.2 Å². The first-order valence-corrected chi connectivity index (χ1v) is 8.46. The summed E-state index contributed by atoms with van der Waals surface area (Å²) in [6, 6.07) is 9.70. The maximum atomic E-state index is 14.7. The van der Waals surface area contributed by atoms with Crippen molar-refractivity contribution in [3.63, 3.8) is 0 Å². The zero-order valence-electron chi connectivity index (χ0n) is 12.9. The van der Waals surface area contributed by atoms with Gasteiger partial charge < -0.3 is 5.32 Å². The largest absolute Gasteiger partial charge is 0.325 e. The van der Waals surface area contributed by atoms with Gasteiger partial charge in [0.2, 0.25) is 5.91 Å². The molecule has 1 amide bonds. The Morgan fingerprint density at radius 3 is 2.76 bits per heavy atom. The monoisotopic (exact) mass is 375 g/mol. The van der Waals surface area contributed by atoms with Crippen molar-refractivity contribution in [1.29, 1.82) is 0 Å². The van der Waals surface area contributed by atoms with Crippen LogP contribution in [0.4, 0.5) is 10.1 Å². The summed E-state index contributed by atoms with van der Waals surface area (Å²) in [5.74, 6) is -1.76. The number of hydrogen-bond donors (Lipinski definition) is 1. The molecule has 2 aromatic rings. The topological polar surface area (TPSA) is 46.2 Å². The molecule has 2 aliphatic rings. The van der Waals surface area contributed by atoms with E-state index < -0.39 is 17.2 Å². The van der Waals surface area contributed by atoms with Crippen molar-refractivity contribution < 1.29 is 14.0 Å². The van der Waals surface area contributed by atoms with Crippen molar-refractivity contribution in [1.82, 2.24) is 0 Å². The molecule has 1 N–H and O–H groups in total. The van der Waals surface area contributed by atoms with Gasteiger partial charge >= 0.3 is 0 Å². The molecule has 0 unspecified atom stereocenters. The highest BCUT2D eigenvalue weighted by Gasteiger charge is 2.53. The summed E-state index contributed by atoms with van der Waals surface area (Å²) in [4.78, 5) is 25.0. The van der Waals surface area contributed by atoms with E-state index >= 15 is 0 Å². The van der Waals surface area contributed by atoms with E-state index in [9.17, 15) is 14.0 Å². The lowest BCUT2D eigenvalue weighted by Crippen LogP contribution is -2.42. The highest BCUT2D eigenvalue weighted by atomic mass is 35.5. The minimum absolute atomic E-state index is 0.0171. The van der Waals surface area contributed by atoms with Crippen molar-refractivity contribution in [2.24, 2.45) is 0 Å². The van der Waals surface area contributed by atoms with E-state index in [4.69, 9.17) is 23.2 Å². The third kappa shape index (κ3) is 2.32. The van der Waals surface area contributed by atoms with E-state index in [2.05, 4.69) is 5.32 Å². The number of hydrogen-bond acceptors (Lipinski definition) is 2. The molecule has 0 aromatic heterocycles. The van der Waals surface area contributed by atoms with Crippen LogP contribution in [0.3, 0.4) is 0 Å². The Balaban J connectivity index is 1.98. The first-order valence-electron chi connectivity index (χ1n) is 7.71. The molecule has 1 aliphatic carbocycles. The Morgan fingerprint density at radius 2 is 1.96 bits per heavy atom. The van der Waals surface area contributed by atoms with Gasteiger partial charge in [-0.2, -0.15) is 0 Å². The Bertz CT molecular complexity index is 956. The van der Waals surface area contributed by atoms with E-state index in [1.54, 1.807) is 36.4 Å². The Hall–Kier alpha value is -2.17. The summed E-state index contributed by atoms with van der Waals surface area (Å²) in [5, 5.41) is 3.25. The fourth-order valence-corrected chi connectivity index (χ4v) is 4.11. The van der Waals surface area contributed by atoms with Crippen LogP contribution in [0.5, 0.6) is 0 Å². The molecule has 3 nitrogen and oxygen atoms in total. The van der Waals surface area contributed by atoms with Gasteiger partial charge in [0, 0.05) is 23.0 Å². The first-order chi connectivity index (χ1) is 11.9. The SMILES string of the molecule is O=C1C=C[C@@]2(C(=O)Nc3cc(Cl)ccc32)[C@H](c2cccc(Cl)c2F)C1. The van der Waals surface area contributed by atoms with Crippen LogP contribution < -0.4 is 5.32 Å². The predicted octanol–water partition coefficient (Wildman–Crippen LogP) is 4.64. The standard InChI is InChI=1S/C19H12Cl2FNO2/c20-10-4-5-13-16(8-10)23-18(25)19(13)7-6-11(24)9-14(19)12-2-1-3-15(21)17(12)22/h1-8,14H,9H2,(H,23,25)/t14-,19-/m0/s1. The van der Waals surface area contributed by atoms with Gasteiger partial charge in [-0.25, -0.2) is 4.39 Å². The van der Waals surface area contributed by atoms with Gasteiger partial charge in [-0.05, 0) is 35.4 Å². The summed E-state index contributed by atoms with van der Waals surface area (Å²) in [5.41, 5.74) is 0.335.